The van der Waals surface area contributed by atoms with Crippen LogP contribution < -0.4 is 5.32 Å². The molecule has 0 bridgehead atoms. The molecule has 0 fully saturated rings. The van der Waals surface area contributed by atoms with E-state index < -0.39 is 0 Å². The molecule has 0 unspecified atom stereocenters. The minimum absolute atomic E-state index is 0.768. The normalized spacial score (nSPS) is 10.6. The van der Waals surface area contributed by atoms with Crippen LogP contribution in [0.1, 0.15) is 18.9 Å². The van der Waals surface area contributed by atoms with Crippen molar-refractivity contribution in [1.29, 1.82) is 0 Å². The Kier molecular flexibility index (Phi) is 4.92. The van der Waals surface area contributed by atoms with E-state index >= 15 is 0 Å². The van der Waals surface area contributed by atoms with Gasteiger partial charge in [-0.15, -0.1) is 0 Å². The van der Waals surface area contributed by atoms with Crippen LogP contribution in [0.4, 0.5) is 11.6 Å². The fraction of sp³-hybridized carbons (Fsp3) is 0.429. The van der Waals surface area contributed by atoms with Crippen LogP contribution >= 0.6 is 0 Å². The zero-order valence-electron chi connectivity index (χ0n) is 11.5. The van der Waals surface area contributed by atoms with Gasteiger partial charge in [-0.05, 0) is 31.9 Å². The van der Waals surface area contributed by atoms with Crippen LogP contribution in [0.15, 0.2) is 30.9 Å². The van der Waals surface area contributed by atoms with Gasteiger partial charge in [0.25, 0.3) is 0 Å². The quantitative estimate of drug-likeness (QED) is 0.778. The highest BCUT2D eigenvalue weighted by atomic mass is 16.5. The monoisotopic (exact) mass is 260 g/mol. The molecule has 2 aromatic rings. The van der Waals surface area contributed by atoms with E-state index in [0.29, 0.717) is 0 Å². The standard InChI is InChI=1S/C14H20N4O/c1-3-19-8-4-6-18-7-5-16-14(18)17-13-9-12(2)10-15-11-13/h5,7,9-11H,3-4,6,8H2,1-2H3,(H,16,17). The van der Waals surface area contributed by atoms with Gasteiger partial charge in [-0.25, -0.2) is 4.98 Å². The van der Waals surface area contributed by atoms with Crippen molar-refractivity contribution in [3.05, 3.63) is 36.4 Å². The molecule has 0 aliphatic heterocycles. The third kappa shape index (κ3) is 4.06. The summed E-state index contributed by atoms with van der Waals surface area (Å²) in [6.45, 7) is 6.47. The number of hydrogen-bond donors (Lipinski definition) is 1. The maximum absolute atomic E-state index is 5.34. The molecule has 2 rings (SSSR count). The van der Waals surface area contributed by atoms with Gasteiger partial charge in [-0.2, -0.15) is 0 Å². The second kappa shape index (κ2) is 6.89. The van der Waals surface area contributed by atoms with Gasteiger partial charge in [0.2, 0.25) is 5.95 Å². The first-order chi connectivity index (χ1) is 9.29. The second-order valence-electron chi connectivity index (χ2n) is 4.37. The Hall–Kier alpha value is -1.88. The number of hydrogen-bond acceptors (Lipinski definition) is 4. The highest BCUT2D eigenvalue weighted by Gasteiger charge is 2.03. The van der Waals surface area contributed by atoms with Crippen LogP contribution in [-0.4, -0.2) is 27.7 Å². The summed E-state index contributed by atoms with van der Waals surface area (Å²) in [5, 5.41) is 3.28. The lowest BCUT2D eigenvalue weighted by Gasteiger charge is -2.10. The first kappa shape index (κ1) is 13.5. The number of anilines is 2. The zero-order chi connectivity index (χ0) is 13.5. The van der Waals surface area contributed by atoms with Gasteiger partial charge in [0.05, 0.1) is 11.9 Å². The van der Waals surface area contributed by atoms with Crippen LogP contribution in [0.2, 0.25) is 0 Å². The van der Waals surface area contributed by atoms with E-state index in [-0.39, 0.29) is 0 Å². The van der Waals surface area contributed by atoms with Crippen molar-refractivity contribution in [2.45, 2.75) is 26.8 Å². The van der Waals surface area contributed by atoms with E-state index in [1.165, 1.54) is 0 Å². The van der Waals surface area contributed by atoms with Gasteiger partial charge >= 0.3 is 0 Å². The number of nitrogens with zero attached hydrogens (tertiary/aromatic N) is 3. The molecule has 0 saturated heterocycles. The molecule has 0 aliphatic carbocycles. The van der Waals surface area contributed by atoms with Crippen molar-refractivity contribution in [2.75, 3.05) is 18.5 Å². The Morgan fingerprint density at radius 2 is 2.26 bits per heavy atom. The summed E-state index contributed by atoms with van der Waals surface area (Å²) in [6, 6.07) is 2.05. The molecule has 5 heteroatoms. The summed E-state index contributed by atoms with van der Waals surface area (Å²) in [4.78, 5) is 8.48. The molecule has 0 radical (unpaired) electrons. The molecule has 102 valence electrons. The summed E-state index contributed by atoms with van der Waals surface area (Å²) in [7, 11) is 0. The van der Waals surface area contributed by atoms with Gasteiger partial charge < -0.3 is 14.6 Å². The Labute approximate surface area is 113 Å². The highest BCUT2D eigenvalue weighted by molar-refractivity contribution is 5.52. The first-order valence-electron chi connectivity index (χ1n) is 6.57. The number of aromatic nitrogens is 3. The fourth-order valence-electron chi connectivity index (χ4n) is 1.85. The van der Waals surface area contributed by atoms with E-state index in [9.17, 15) is 0 Å². The van der Waals surface area contributed by atoms with Gasteiger partial charge in [-0.1, -0.05) is 0 Å². The van der Waals surface area contributed by atoms with Crippen LogP contribution in [0.25, 0.3) is 0 Å². The predicted molar refractivity (Wildman–Crippen MR) is 75.6 cm³/mol. The molecule has 0 amide bonds. The van der Waals surface area contributed by atoms with Gasteiger partial charge in [0.1, 0.15) is 0 Å². The van der Waals surface area contributed by atoms with Crippen LogP contribution in [0.3, 0.4) is 0 Å². The Balaban J connectivity index is 1.95. The number of aryl methyl sites for hydroxylation is 2. The largest absolute Gasteiger partial charge is 0.382 e. The minimum atomic E-state index is 0.768. The number of rotatable bonds is 7. The summed E-state index contributed by atoms with van der Waals surface area (Å²) in [5.41, 5.74) is 2.08. The van der Waals surface area contributed by atoms with Crippen LogP contribution in [0.5, 0.6) is 0 Å². The molecular weight excluding hydrogens is 240 g/mol. The molecule has 19 heavy (non-hydrogen) atoms. The van der Waals surface area contributed by atoms with Crippen molar-refractivity contribution in [2.24, 2.45) is 0 Å². The van der Waals surface area contributed by atoms with Crippen LogP contribution in [0, 0.1) is 6.92 Å². The molecule has 0 atom stereocenters. The molecule has 0 aromatic carbocycles. The highest BCUT2D eigenvalue weighted by Crippen LogP contribution is 2.15. The molecule has 2 heterocycles. The molecule has 0 saturated carbocycles. The molecule has 0 spiro atoms. The molecular formula is C14H20N4O. The lowest BCUT2D eigenvalue weighted by atomic mass is 10.3. The van der Waals surface area contributed by atoms with E-state index in [4.69, 9.17) is 4.74 Å². The molecule has 0 aliphatic rings. The fourth-order valence-corrected chi connectivity index (χ4v) is 1.85. The average Bonchev–Trinajstić information content (AvgIpc) is 2.82. The van der Waals surface area contributed by atoms with Crippen molar-refractivity contribution in [3.63, 3.8) is 0 Å². The van der Waals surface area contributed by atoms with Crippen molar-refractivity contribution < 1.29 is 4.74 Å². The van der Waals surface area contributed by atoms with E-state index in [1.807, 2.05) is 32.3 Å². The van der Waals surface area contributed by atoms with Crippen molar-refractivity contribution in [3.8, 4) is 0 Å². The second-order valence-corrected chi connectivity index (χ2v) is 4.37. The number of ether oxygens (including phenoxy) is 1. The van der Waals surface area contributed by atoms with Crippen molar-refractivity contribution >= 4 is 11.6 Å². The van der Waals surface area contributed by atoms with Crippen molar-refractivity contribution in [1.82, 2.24) is 14.5 Å². The SMILES string of the molecule is CCOCCCn1ccnc1Nc1cncc(C)c1. The minimum Gasteiger partial charge on any atom is -0.382 e. The zero-order valence-corrected chi connectivity index (χ0v) is 11.5. The van der Waals surface area contributed by atoms with Gasteiger partial charge in [0.15, 0.2) is 0 Å². The van der Waals surface area contributed by atoms with E-state index in [0.717, 1.165) is 43.4 Å². The maximum Gasteiger partial charge on any atom is 0.207 e. The van der Waals surface area contributed by atoms with E-state index in [2.05, 4.69) is 19.9 Å². The lowest BCUT2D eigenvalue weighted by molar-refractivity contribution is 0.142. The third-order valence-corrected chi connectivity index (χ3v) is 2.74. The Bertz CT molecular complexity index is 510. The number of nitrogens with one attached hydrogen (secondary N) is 1. The first-order valence-corrected chi connectivity index (χ1v) is 6.57. The third-order valence-electron chi connectivity index (χ3n) is 2.74. The molecule has 2 aromatic heterocycles. The molecule has 5 nitrogen and oxygen atoms in total. The number of pyridine rings is 1. The maximum atomic E-state index is 5.34. The summed E-state index contributed by atoms with van der Waals surface area (Å²) in [5.74, 6) is 0.837. The summed E-state index contributed by atoms with van der Waals surface area (Å²) in [6.07, 6.45) is 8.38. The summed E-state index contributed by atoms with van der Waals surface area (Å²) < 4.78 is 7.43. The topological polar surface area (TPSA) is 52.0 Å². The van der Waals surface area contributed by atoms with Gasteiger partial charge in [0, 0.05) is 38.3 Å². The van der Waals surface area contributed by atoms with Crippen LogP contribution in [-0.2, 0) is 11.3 Å². The Morgan fingerprint density at radius 3 is 3.05 bits per heavy atom. The van der Waals surface area contributed by atoms with E-state index in [1.54, 1.807) is 12.4 Å². The molecule has 1 N–H and O–H groups in total. The predicted octanol–water partition coefficient (Wildman–Crippen LogP) is 2.76. The Morgan fingerprint density at radius 1 is 1.37 bits per heavy atom. The van der Waals surface area contributed by atoms with Gasteiger partial charge in [-0.3, -0.25) is 4.98 Å². The lowest BCUT2D eigenvalue weighted by Crippen LogP contribution is -2.06. The smallest absolute Gasteiger partial charge is 0.207 e. The number of imidazole rings is 1. The summed E-state index contributed by atoms with van der Waals surface area (Å²) >= 11 is 0. The average molecular weight is 260 g/mol.